The minimum atomic E-state index is 0.117. The van der Waals surface area contributed by atoms with Crippen molar-refractivity contribution in [2.24, 2.45) is 0 Å². The van der Waals surface area contributed by atoms with E-state index in [2.05, 4.69) is 35.3 Å². The van der Waals surface area contributed by atoms with Gasteiger partial charge in [0.1, 0.15) is 12.7 Å². The summed E-state index contributed by atoms with van der Waals surface area (Å²) in [6.07, 6.45) is 2.88. The van der Waals surface area contributed by atoms with Crippen LogP contribution in [0.1, 0.15) is 0 Å². The molecule has 0 amide bonds. The molecular weight excluding hydrogens is 274 g/mol. The maximum absolute atomic E-state index is 5.65. The lowest BCUT2D eigenvalue weighted by atomic mass is 10.6. The summed E-state index contributed by atoms with van der Waals surface area (Å²) in [7, 11) is 4.00. The first-order chi connectivity index (χ1) is 10.1. The largest absolute Gasteiger partial charge is 0.378 e. The molecule has 0 atom stereocenters. The number of hydrogen-bond donors (Lipinski definition) is 2. The molecule has 0 aromatic carbocycles. The number of ether oxygens (including phenoxy) is 1. The quantitative estimate of drug-likeness (QED) is 0.592. The molecule has 0 saturated carbocycles. The van der Waals surface area contributed by atoms with Crippen LogP contribution in [-0.4, -0.2) is 75.0 Å². The first-order valence-electron chi connectivity index (χ1n) is 6.48. The number of anilines is 2. The summed E-state index contributed by atoms with van der Waals surface area (Å²) >= 11 is 0. The second kappa shape index (κ2) is 7.45. The number of nitrogens with two attached hydrogens (primary N) is 1. The Morgan fingerprint density at radius 1 is 1.29 bits per heavy atom. The molecule has 0 fully saturated rings. The van der Waals surface area contributed by atoms with Crippen LogP contribution in [0.3, 0.4) is 0 Å². The van der Waals surface area contributed by atoms with Gasteiger partial charge in [-0.2, -0.15) is 24.7 Å². The number of nitrogens with zero attached hydrogens (tertiary/aromatic N) is 7. The van der Waals surface area contributed by atoms with Gasteiger partial charge in [0.05, 0.1) is 13.2 Å². The van der Waals surface area contributed by atoms with Gasteiger partial charge in [0.15, 0.2) is 0 Å². The van der Waals surface area contributed by atoms with Gasteiger partial charge in [0.25, 0.3) is 5.95 Å². The van der Waals surface area contributed by atoms with Crippen LogP contribution in [0, 0.1) is 0 Å². The maximum atomic E-state index is 5.65. The van der Waals surface area contributed by atoms with E-state index in [9.17, 15) is 0 Å². The van der Waals surface area contributed by atoms with Gasteiger partial charge in [-0.1, -0.05) is 0 Å². The number of nitrogens with one attached hydrogen (secondary N) is 1. The molecular formula is C11H19N9O. The highest BCUT2D eigenvalue weighted by molar-refractivity contribution is 5.34. The van der Waals surface area contributed by atoms with Gasteiger partial charge < -0.3 is 20.7 Å². The van der Waals surface area contributed by atoms with E-state index < -0.39 is 0 Å². The molecule has 0 aliphatic carbocycles. The van der Waals surface area contributed by atoms with Gasteiger partial charge >= 0.3 is 0 Å². The monoisotopic (exact) mass is 293 g/mol. The molecule has 0 bridgehead atoms. The fraction of sp³-hybridized carbons (Fsp3) is 0.545. The summed E-state index contributed by atoms with van der Waals surface area (Å²) in [6, 6.07) is 0. The molecule has 2 heterocycles. The van der Waals surface area contributed by atoms with E-state index >= 15 is 0 Å². The fourth-order valence-corrected chi connectivity index (χ4v) is 1.46. The molecule has 21 heavy (non-hydrogen) atoms. The van der Waals surface area contributed by atoms with Crippen LogP contribution in [0.4, 0.5) is 11.9 Å². The standard InChI is InChI=1S/C11H19N9O/c1-19(2)4-6-21-5-3-14-10-16-9(12)17-11(18-10)20-8-13-7-15-20/h7-8H,3-6H2,1-2H3,(H3,12,14,16,17,18). The van der Waals surface area contributed by atoms with Crippen molar-refractivity contribution in [3.05, 3.63) is 12.7 Å². The Bertz CT molecular complexity index is 543. The third-order valence-corrected chi connectivity index (χ3v) is 2.48. The lowest BCUT2D eigenvalue weighted by molar-refractivity contribution is 0.126. The zero-order chi connectivity index (χ0) is 15.1. The summed E-state index contributed by atoms with van der Waals surface area (Å²) in [5.74, 6) is 0.812. The average molecular weight is 293 g/mol. The summed E-state index contributed by atoms with van der Waals surface area (Å²) in [4.78, 5) is 18.1. The molecule has 0 radical (unpaired) electrons. The lowest BCUT2D eigenvalue weighted by Crippen LogP contribution is -2.20. The minimum Gasteiger partial charge on any atom is -0.378 e. The highest BCUT2D eigenvalue weighted by Crippen LogP contribution is 2.05. The molecule has 2 rings (SSSR count). The Balaban J connectivity index is 1.83. The maximum Gasteiger partial charge on any atom is 0.258 e. The van der Waals surface area contributed by atoms with Crippen LogP contribution in [0.15, 0.2) is 12.7 Å². The predicted octanol–water partition coefficient (Wildman–Crippen LogP) is -0.975. The molecule has 0 spiro atoms. The van der Waals surface area contributed by atoms with Crippen LogP contribution in [0.2, 0.25) is 0 Å². The summed E-state index contributed by atoms with van der Waals surface area (Å²) < 4.78 is 6.88. The van der Waals surface area contributed by atoms with Crippen molar-refractivity contribution in [3.8, 4) is 5.95 Å². The van der Waals surface area contributed by atoms with Crippen LogP contribution < -0.4 is 11.1 Å². The van der Waals surface area contributed by atoms with Crippen molar-refractivity contribution in [2.75, 3.05) is 51.4 Å². The zero-order valence-corrected chi connectivity index (χ0v) is 12.1. The van der Waals surface area contributed by atoms with Gasteiger partial charge in [-0.15, -0.1) is 0 Å². The smallest absolute Gasteiger partial charge is 0.258 e. The van der Waals surface area contributed by atoms with Gasteiger partial charge in [0, 0.05) is 13.1 Å². The Morgan fingerprint density at radius 3 is 2.86 bits per heavy atom. The summed E-state index contributed by atoms with van der Waals surface area (Å²) in [6.45, 7) is 2.69. The number of aromatic nitrogens is 6. The molecule has 0 aliphatic heterocycles. The first-order valence-corrected chi connectivity index (χ1v) is 6.48. The van der Waals surface area contributed by atoms with E-state index in [1.807, 2.05) is 14.1 Å². The molecule has 2 aromatic heterocycles. The Kier molecular flexibility index (Phi) is 5.35. The highest BCUT2D eigenvalue weighted by atomic mass is 16.5. The van der Waals surface area contributed by atoms with Crippen molar-refractivity contribution < 1.29 is 4.74 Å². The van der Waals surface area contributed by atoms with Crippen LogP contribution in [0.25, 0.3) is 5.95 Å². The summed E-state index contributed by atoms with van der Waals surface area (Å²) in [5, 5.41) is 6.98. The van der Waals surface area contributed by atoms with E-state index in [1.165, 1.54) is 17.3 Å². The molecule has 2 aromatic rings. The number of rotatable bonds is 8. The van der Waals surface area contributed by atoms with Gasteiger partial charge in [-0.05, 0) is 14.1 Å². The third-order valence-electron chi connectivity index (χ3n) is 2.48. The molecule has 0 unspecified atom stereocenters. The van der Waals surface area contributed by atoms with Crippen molar-refractivity contribution in [2.45, 2.75) is 0 Å². The van der Waals surface area contributed by atoms with E-state index in [0.29, 0.717) is 31.7 Å². The topological polar surface area (TPSA) is 120 Å². The van der Waals surface area contributed by atoms with Gasteiger partial charge in [-0.3, -0.25) is 0 Å². The molecule has 3 N–H and O–H groups in total. The van der Waals surface area contributed by atoms with E-state index in [1.54, 1.807) is 0 Å². The predicted molar refractivity (Wildman–Crippen MR) is 77.0 cm³/mol. The van der Waals surface area contributed by atoms with Crippen LogP contribution >= 0.6 is 0 Å². The van der Waals surface area contributed by atoms with Gasteiger partial charge in [-0.25, -0.2) is 4.98 Å². The third kappa shape index (κ3) is 4.93. The number of nitrogen functional groups attached to an aromatic ring is 1. The number of likely N-dealkylation sites (N-methyl/N-ethyl adjacent to an activating group) is 1. The van der Waals surface area contributed by atoms with Crippen molar-refractivity contribution >= 4 is 11.9 Å². The second-order valence-electron chi connectivity index (χ2n) is 4.50. The second-order valence-corrected chi connectivity index (χ2v) is 4.50. The Morgan fingerprint density at radius 2 is 2.14 bits per heavy atom. The van der Waals surface area contributed by atoms with Crippen molar-refractivity contribution in [3.63, 3.8) is 0 Å². The molecule has 10 nitrogen and oxygen atoms in total. The molecule has 114 valence electrons. The van der Waals surface area contributed by atoms with Gasteiger partial charge in [0.2, 0.25) is 11.9 Å². The van der Waals surface area contributed by atoms with Crippen molar-refractivity contribution in [1.82, 2.24) is 34.6 Å². The van der Waals surface area contributed by atoms with E-state index in [0.717, 1.165) is 6.54 Å². The van der Waals surface area contributed by atoms with Crippen LogP contribution in [-0.2, 0) is 4.74 Å². The van der Waals surface area contributed by atoms with E-state index in [-0.39, 0.29) is 5.95 Å². The van der Waals surface area contributed by atoms with E-state index in [4.69, 9.17) is 10.5 Å². The SMILES string of the molecule is CN(C)CCOCCNc1nc(N)nc(-n2cncn2)n1. The normalized spacial score (nSPS) is 11.0. The molecule has 0 saturated heterocycles. The lowest BCUT2D eigenvalue weighted by Gasteiger charge is -2.10. The number of hydrogen-bond acceptors (Lipinski definition) is 9. The summed E-state index contributed by atoms with van der Waals surface area (Å²) in [5.41, 5.74) is 5.65. The first kappa shape index (κ1) is 15.1. The fourth-order valence-electron chi connectivity index (χ4n) is 1.46. The Labute approximate surface area is 122 Å². The average Bonchev–Trinajstić information content (AvgIpc) is 2.96. The minimum absolute atomic E-state index is 0.117. The Hall–Kier alpha value is -2.33. The zero-order valence-electron chi connectivity index (χ0n) is 12.1. The molecule has 0 aliphatic rings. The van der Waals surface area contributed by atoms with Crippen molar-refractivity contribution in [1.29, 1.82) is 0 Å². The highest BCUT2D eigenvalue weighted by Gasteiger charge is 2.06. The molecule has 10 heteroatoms. The van der Waals surface area contributed by atoms with Crippen LogP contribution in [0.5, 0.6) is 0 Å².